The van der Waals surface area contributed by atoms with Crippen molar-refractivity contribution >= 4 is 5.96 Å². The van der Waals surface area contributed by atoms with E-state index in [-0.39, 0.29) is 0 Å². The Morgan fingerprint density at radius 2 is 2.12 bits per heavy atom. The van der Waals surface area contributed by atoms with Gasteiger partial charge in [-0.15, -0.1) is 0 Å². The Kier molecular flexibility index (Phi) is 7.37. The molecule has 1 heterocycles. The minimum Gasteiger partial charge on any atom is -0.493 e. The Hall–Kier alpha value is -1.75. The molecule has 5 heteroatoms. The van der Waals surface area contributed by atoms with Crippen molar-refractivity contribution < 1.29 is 4.74 Å². The molecule has 1 fully saturated rings. The number of aliphatic imine (C=N–C) groups is 1. The summed E-state index contributed by atoms with van der Waals surface area (Å²) in [6.45, 7) is 10.9. The maximum absolute atomic E-state index is 5.96. The number of ether oxygens (including phenoxy) is 1. The lowest BCUT2D eigenvalue weighted by molar-refractivity contribution is 0.273. The lowest BCUT2D eigenvalue weighted by Crippen LogP contribution is -2.36. The van der Waals surface area contributed by atoms with E-state index in [2.05, 4.69) is 54.2 Å². The van der Waals surface area contributed by atoms with Crippen LogP contribution < -0.4 is 15.8 Å². The van der Waals surface area contributed by atoms with Crippen molar-refractivity contribution in [2.24, 2.45) is 10.7 Å². The molecule has 0 amide bonds. The third-order valence-electron chi connectivity index (χ3n) is 4.66. The first-order valence-electron chi connectivity index (χ1n) is 9.08. The highest BCUT2D eigenvalue weighted by atomic mass is 16.5. The summed E-state index contributed by atoms with van der Waals surface area (Å²) >= 11 is 0. The van der Waals surface area contributed by atoms with Gasteiger partial charge in [0.15, 0.2) is 5.96 Å². The average molecular weight is 332 g/mol. The summed E-state index contributed by atoms with van der Waals surface area (Å²) in [5.41, 5.74) is 8.32. The van der Waals surface area contributed by atoms with Gasteiger partial charge in [-0.2, -0.15) is 0 Å². The van der Waals surface area contributed by atoms with Crippen LogP contribution in [0.3, 0.4) is 0 Å². The number of guanidine groups is 1. The smallest absolute Gasteiger partial charge is 0.188 e. The van der Waals surface area contributed by atoms with Gasteiger partial charge in [-0.3, -0.25) is 9.89 Å². The lowest BCUT2D eigenvalue weighted by atomic mass is 10.1. The molecule has 1 aromatic carbocycles. The van der Waals surface area contributed by atoms with Gasteiger partial charge < -0.3 is 15.8 Å². The van der Waals surface area contributed by atoms with Crippen LogP contribution in [0, 0.1) is 13.8 Å². The standard InChI is InChI=1S/C19H32N4O/c1-4-23-12-6-10-17(23)14-22-19(20)21-11-7-13-24-18-15(2)8-5-9-16(18)3/h5,8-9,17H,4,6-7,10-14H2,1-3H3,(H3,20,21,22). The maximum atomic E-state index is 5.96. The predicted molar refractivity (Wildman–Crippen MR) is 101 cm³/mol. The third kappa shape index (κ3) is 5.41. The van der Waals surface area contributed by atoms with Gasteiger partial charge in [-0.05, 0) is 57.3 Å². The highest BCUT2D eigenvalue weighted by Crippen LogP contribution is 2.22. The van der Waals surface area contributed by atoms with E-state index in [9.17, 15) is 0 Å². The maximum Gasteiger partial charge on any atom is 0.188 e. The predicted octanol–water partition coefficient (Wildman–Crippen LogP) is 2.46. The number of nitrogens with two attached hydrogens (primary N) is 1. The first-order valence-corrected chi connectivity index (χ1v) is 9.08. The molecule has 0 bridgehead atoms. The SMILES string of the molecule is CCN1CCCC1CN=C(N)NCCCOc1c(C)cccc1C. The molecule has 24 heavy (non-hydrogen) atoms. The summed E-state index contributed by atoms with van der Waals surface area (Å²) in [4.78, 5) is 6.97. The second-order valence-electron chi connectivity index (χ2n) is 6.50. The van der Waals surface area contributed by atoms with Crippen molar-refractivity contribution in [1.29, 1.82) is 0 Å². The first kappa shape index (κ1) is 18.6. The minimum atomic E-state index is 0.546. The molecular weight excluding hydrogens is 300 g/mol. The number of aryl methyl sites for hydroxylation is 2. The molecule has 1 atom stereocenters. The molecule has 0 spiro atoms. The number of hydrogen-bond acceptors (Lipinski definition) is 3. The quantitative estimate of drug-likeness (QED) is 0.436. The summed E-state index contributed by atoms with van der Waals surface area (Å²) in [6.07, 6.45) is 3.40. The molecule has 1 aliphatic heterocycles. The topological polar surface area (TPSA) is 62.9 Å². The molecule has 1 aromatic rings. The van der Waals surface area contributed by atoms with Gasteiger partial charge in [0.05, 0.1) is 13.2 Å². The van der Waals surface area contributed by atoms with Crippen molar-refractivity contribution in [3.8, 4) is 5.75 Å². The van der Waals surface area contributed by atoms with Crippen LogP contribution in [-0.4, -0.2) is 49.7 Å². The van der Waals surface area contributed by atoms with Crippen molar-refractivity contribution in [3.05, 3.63) is 29.3 Å². The molecule has 5 nitrogen and oxygen atoms in total. The Morgan fingerprint density at radius 1 is 1.38 bits per heavy atom. The molecular formula is C19H32N4O. The van der Waals surface area contributed by atoms with Gasteiger partial charge in [0, 0.05) is 12.6 Å². The van der Waals surface area contributed by atoms with Crippen LogP contribution in [0.15, 0.2) is 23.2 Å². The molecule has 0 aromatic heterocycles. The van der Waals surface area contributed by atoms with Gasteiger partial charge in [-0.25, -0.2) is 0 Å². The van der Waals surface area contributed by atoms with E-state index in [1.54, 1.807) is 0 Å². The zero-order chi connectivity index (χ0) is 17.4. The van der Waals surface area contributed by atoms with Gasteiger partial charge in [0.1, 0.15) is 5.75 Å². The monoisotopic (exact) mass is 332 g/mol. The molecule has 134 valence electrons. The van der Waals surface area contributed by atoms with Crippen LogP contribution in [0.1, 0.15) is 37.3 Å². The third-order valence-corrected chi connectivity index (χ3v) is 4.66. The van der Waals surface area contributed by atoms with E-state index in [0.29, 0.717) is 18.6 Å². The van der Waals surface area contributed by atoms with E-state index >= 15 is 0 Å². The Labute approximate surface area is 146 Å². The van der Waals surface area contributed by atoms with Crippen LogP contribution in [0.4, 0.5) is 0 Å². The molecule has 0 saturated carbocycles. The number of nitrogens with zero attached hydrogens (tertiary/aromatic N) is 2. The second kappa shape index (κ2) is 9.52. The van der Waals surface area contributed by atoms with Crippen molar-refractivity contribution in [2.75, 3.05) is 32.8 Å². The fourth-order valence-electron chi connectivity index (χ4n) is 3.27. The van der Waals surface area contributed by atoms with Crippen LogP contribution in [0.2, 0.25) is 0 Å². The summed E-state index contributed by atoms with van der Waals surface area (Å²) in [7, 11) is 0. The average Bonchev–Trinajstić information content (AvgIpc) is 3.02. The van der Waals surface area contributed by atoms with E-state index in [1.165, 1.54) is 30.5 Å². The van der Waals surface area contributed by atoms with E-state index in [1.807, 2.05) is 0 Å². The van der Waals surface area contributed by atoms with Gasteiger partial charge in [0.25, 0.3) is 0 Å². The first-order chi connectivity index (χ1) is 11.6. The second-order valence-corrected chi connectivity index (χ2v) is 6.50. The molecule has 1 unspecified atom stereocenters. The Morgan fingerprint density at radius 3 is 2.83 bits per heavy atom. The fraction of sp³-hybridized carbons (Fsp3) is 0.632. The molecule has 3 N–H and O–H groups in total. The molecule has 0 aliphatic carbocycles. The van der Waals surface area contributed by atoms with E-state index in [4.69, 9.17) is 10.5 Å². The van der Waals surface area contributed by atoms with Crippen LogP contribution in [-0.2, 0) is 0 Å². The Bertz CT molecular complexity index is 524. The number of para-hydroxylation sites is 1. The zero-order valence-corrected chi connectivity index (χ0v) is 15.3. The molecule has 0 radical (unpaired) electrons. The normalized spacial score (nSPS) is 18.8. The number of nitrogens with one attached hydrogen (secondary N) is 1. The van der Waals surface area contributed by atoms with Crippen molar-refractivity contribution in [3.63, 3.8) is 0 Å². The van der Waals surface area contributed by atoms with Crippen LogP contribution >= 0.6 is 0 Å². The molecule has 2 rings (SSSR count). The van der Waals surface area contributed by atoms with Crippen molar-refractivity contribution in [2.45, 2.75) is 46.1 Å². The van der Waals surface area contributed by atoms with Gasteiger partial charge >= 0.3 is 0 Å². The number of likely N-dealkylation sites (N-methyl/N-ethyl adjacent to an activating group) is 1. The highest BCUT2D eigenvalue weighted by Gasteiger charge is 2.22. The number of rotatable bonds is 8. The van der Waals surface area contributed by atoms with E-state index in [0.717, 1.165) is 31.8 Å². The number of likely N-dealkylation sites (tertiary alicyclic amines) is 1. The minimum absolute atomic E-state index is 0.546. The zero-order valence-electron chi connectivity index (χ0n) is 15.3. The van der Waals surface area contributed by atoms with E-state index < -0.39 is 0 Å². The molecule has 1 saturated heterocycles. The largest absolute Gasteiger partial charge is 0.493 e. The van der Waals surface area contributed by atoms with Crippen molar-refractivity contribution in [1.82, 2.24) is 10.2 Å². The van der Waals surface area contributed by atoms with Gasteiger partial charge in [-0.1, -0.05) is 25.1 Å². The van der Waals surface area contributed by atoms with Gasteiger partial charge in [0.2, 0.25) is 0 Å². The lowest BCUT2D eigenvalue weighted by Gasteiger charge is -2.21. The summed E-state index contributed by atoms with van der Waals surface area (Å²) < 4.78 is 5.89. The number of hydrogen-bond donors (Lipinski definition) is 2. The summed E-state index contributed by atoms with van der Waals surface area (Å²) in [5.74, 6) is 1.55. The van der Waals surface area contributed by atoms with Crippen LogP contribution in [0.5, 0.6) is 5.75 Å². The fourth-order valence-corrected chi connectivity index (χ4v) is 3.27. The Balaban J connectivity index is 1.64. The summed E-state index contributed by atoms with van der Waals surface area (Å²) in [5, 5.41) is 3.18. The molecule has 1 aliphatic rings. The highest BCUT2D eigenvalue weighted by molar-refractivity contribution is 5.77. The summed E-state index contributed by atoms with van der Waals surface area (Å²) in [6, 6.07) is 6.77. The number of benzene rings is 1. The van der Waals surface area contributed by atoms with Crippen LogP contribution in [0.25, 0.3) is 0 Å².